The van der Waals surface area contributed by atoms with Crippen molar-refractivity contribution in [3.8, 4) is 5.88 Å². The zero-order valence-electron chi connectivity index (χ0n) is 6.92. The fourth-order valence-electron chi connectivity index (χ4n) is 1.21. The Labute approximate surface area is 71.0 Å². The smallest absolute Gasteiger partial charge is 0.215 e. The van der Waals surface area contributed by atoms with E-state index in [2.05, 4.69) is 15.6 Å². The van der Waals surface area contributed by atoms with Gasteiger partial charge in [-0.3, -0.25) is 0 Å². The van der Waals surface area contributed by atoms with Crippen LogP contribution in [0, 0.1) is 0 Å². The molecule has 64 valence electrons. The molecule has 0 bridgehead atoms. The number of anilines is 2. The molecule has 0 aromatic carbocycles. The minimum Gasteiger partial charge on any atom is -0.481 e. The van der Waals surface area contributed by atoms with Crippen LogP contribution in [0.2, 0.25) is 0 Å². The van der Waals surface area contributed by atoms with Crippen LogP contribution in [0.4, 0.5) is 11.5 Å². The van der Waals surface area contributed by atoms with Crippen LogP contribution in [0.25, 0.3) is 0 Å². The maximum atomic E-state index is 5.00. The van der Waals surface area contributed by atoms with Gasteiger partial charge < -0.3 is 15.4 Å². The Bertz CT molecular complexity index is 288. The zero-order chi connectivity index (χ0) is 8.39. The summed E-state index contributed by atoms with van der Waals surface area (Å²) < 4.78 is 5.00. The summed E-state index contributed by atoms with van der Waals surface area (Å²) in [6.45, 7) is 1.86. The molecule has 0 saturated heterocycles. The van der Waals surface area contributed by atoms with E-state index < -0.39 is 0 Å². The van der Waals surface area contributed by atoms with Crippen molar-refractivity contribution in [3.05, 3.63) is 12.1 Å². The standard InChI is InChI=1S/C8H11N3O/c1-12-7-3-2-6-8(11-7)10-5-4-9-6/h2-3,9H,4-5H2,1H3,(H,10,11). The van der Waals surface area contributed by atoms with Gasteiger partial charge in [0.15, 0.2) is 5.82 Å². The van der Waals surface area contributed by atoms with E-state index in [0.29, 0.717) is 5.88 Å². The molecule has 4 heteroatoms. The SMILES string of the molecule is COc1ccc2c(n1)NCCN2. The van der Waals surface area contributed by atoms with Crippen molar-refractivity contribution >= 4 is 11.5 Å². The van der Waals surface area contributed by atoms with Crippen molar-refractivity contribution < 1.29 is 4.74 Å². The fraction of sp³-hybridized carbons (Fsp3) is 0.375. The lowest BCUT2D eigenvalue weighted by atomic mass is 10.3. The molecule has 0 fully saturated rings. The molecule has 0 spiro atoms. The molecule has 12 heavy (non-hydrogen) atoms. The first-order valence-corrected chi connectivity index (χ1v) is 3.93. The molecule has 2 heterocycles. The minimum atomic E-state index is 0.643. The molecule has 0 atom stereocenters. The Morgan fingerprint density at radius 1 is 1.33 bits per heavy atom. The van der Waals surface area contributed by atoms with Gasteiger partial charge in [0.05, 0.1) is 12.8 Å². The van der Waals surface area contributed by atoms with E-state index in [-0.39, 0.29) is 0 Å². The number of pyridine rings is 1. The normalized spacial score (nSPS) is 14.1. The number of fused-ring (bicyclic) bond motifs is 1. The van der Waals surface area contributed by atoms with Gasteiger partial charge in [0.25, 0.3) is 0 Å². The summed E-state index contributed by atoms with van der Waals surface area (Å²) in [6, 6.07) is 3.81. The Balaban J connectivity index is 2.36. The van der Waals surface area contributed by atoms with E-state index in [1.54, 1.807) is 7.11 Å². The molecule has 1 aliphatic heterocycles. The van der Waals surface area contributed by atoms with E-state index in [1.165, 1.54) is 0 Å². The number of aromatic nitrogens is 1. The second-order valence-corrected chi connectivity index (χ2v) is 2.60. The third-order valence-electron chi connectivity index (χ3n) is 1.81. The first kappa shape index (κ1) is 7.21. The van der Waals surface area contributed by atoms with Crippen LogP contribution in [0.5, 0.6) is 5.88 Å². The van der Waals surface area contributed by atoms with E-state index in [9.17, 15) is 0 Å². The highest BCUT2D eigenvalue weighted by Crippen LogP contribution is 2.24. The van der Waals surface area contributed by atoms with Gasteiger partial charge in [-0.1, -0.05) is 0 Å². The molecule has 4 nitrogen and oxygen atoms in total. The number of nitrogens with zero attached hydrogens (tertiary/aromatic N) is 1. The molecule has 0 radical (unpaired) electrons. The van der Waals surface area contributed by atoms with Crippen molar-refractivity contribution in [2.45, 2.75) is 0 Å². The van der Waals surface area contributed by atoms with Gasteiger partial charge in [-0.25, -0.2) is 0 Å². The Hall–Kier alpha value is -1.45. The molecule has 0 unspecified atom stereocenters. The molecule has 2 N–H and O–H groups in total. The predicted molar refractivity (Wildman–Crippen MR) is 47.8 cm³/mol. The first-order valence-electron chi connectivity index (χ1n) is 3.93. The summed E-state index contributed by atoms with van der Waals surface area (Å²) in [7, 11) is 1.62. The lowest BCUT2D eigenvalue weighted by Gasteiger charge is -2.18. The molecule has 1 aromatic rings. The largest absolute Gasteiger partial charge is 0.481 e. The Morgan fingerprint density at radius 2 is 2.17 bits per heavy atom. The van der Waals surface area contributed by atoms with E-state index in [1.807, 2.05) is 12.1 Å². The number of hydrogen-bond donors (Lipinski definition) is 2. The highest BCUT2D eigenvalue weighted by Gasteiger charge is 2.08. The number of methoxy groups -OCH3 is 1. The van der Waals surface area contributed by atoms with Gasteiger partial charge >= 0.3 is 0 Å². The highest BCUT2D eigenvalue weighted by molar-refractivity contribution is 5.67. The maximum absolute atomic E-state index is 5.00. The van der Waals surface area contributed by atoms with E-state index >= 15 is 0 Å². The molecular weight excluding hydrogens is 154 g/mol. The third kappa shape index (κ3) is 1.15. The van der Waals surface area contributed by atoms with Gasteiger partial charge in [0, 0.05) is 19.2 Å². The molecule has 2 rings (SSSR count). The third-order valence-corrected chi connectivity index (χ3v) is 1.81. The van der Waals surface area contributed by atoms with Gasteiger partial charge in [0.1, 0.15) is 0 Å². The van der Waals surface area contributed by atoms with Crippen LogP contribution < -0.4 is 15.4 Å². The summed E-state index contributed by atoms with van der Waals surface area (Å²) in [4.78, 5) is 4.24. The maximum Gasteiger partial charge on any atom is 0.215 e. The molecule has 1 aliphatic rings. The lowest BCUT2D eigenvalue weighted by Crippen LogP contribution is -2.21. The van der Waals surface area contributed by atoms with Gasteiger partial charge in [-0.15, -0.1) is 0 Å². The second-order valence-electron chi connectivity index (χ2n) is 2.60. The molecule has 0 saturated carbocycles. The van der Waals surface area contributed by atoms with Crippen LogP contribution in [-0.4, -0.2) is 25.2 Å². The van der Waals surface area contributed by atoms with Crippen LogP contribution in [0.15, 0.2) is 12.1 Å². The number of hydrogen-bond acceptors (Lipinski definition) is 4. The predicted octanol–water partition coefficient (Wildman–Crippen LogP) is 0.928. The van der Waals surface area contributed by atoms with Crippen molar-refractivity contribution in [1.82, 2.24) is 4.98 Å². The molecule has 1 aromatic heterocycles. The van der Waals surface area contributed by atoms with Crippen molar-refractivity contribution in [1.29, 1.82) is 0 Å². The second kappa shape index (κ2) is 2.89. The molecule has 0 aliphatic carbocycles. The van der Waals surface area contributed by atoms with E-state index in [0.717, 1.165) is 24.6 Å². The zero-order valence-corrected chi connectivity index (χ0v) is 6.92. The summed E-state index contributed by atoms with van der Waals surface area (Å²) in [5.41, 5.74) is 1.04. The van der Waals surface area contributed by atoms with Gasteiger partial charge in [-0.2, -0.15) is 4.98 Å². The van der Waals surface area contributed by atoms with Crippen LogP contribution in [0.1, 0.15) is 0 Å². The minimum absolute atomic E-state index is 0.643. The van der Waals surface area contributed by atoms with Crippen molar-refractivity contribution in [2.75, 3.05) is 30.8 Å². The van der Waals surface area contributed by atoms with E-state index in [4.69, 9.17) is 4.74 Å². The van der Waals surface area contributed by atoms with Gasteiger partial charge in [-0.05, 0) is 6.07 Å². The van der Waals surface area contributed by atoms with Crippen LogP contribution >= 0.6 is 0 Å². The monoisotopic (exact) mass is 165 g/mol. The molecule has 0 amide bonds. The average molecular weight is 165 g/mol. The fourth-order valence-corrected chi connectivity index (χ4v) is 1.21. The number of ether oxygens (including phenoxy) is 1. The summed E-state index contributed by atoms with van der Waals surface area (Å²) in [5, 5.41) is 6.42. The van der Waals surface area contributed by atoms with Crippen molar-refractivity contribution in [3.63, 3.8) is 0 Å². The topological polar surface area (TPSA) is 46.2 Å². The van der Waals surface area contributed by atoms with Crippen molar-refractivity contribution in [2.24, 2.45) is 0 Å². The summed E-state index contributed by atoms with van der Waals surface area (Å²) in [5.74, 6) is 1.52. The Kier molecular flexibility index (Phi) is 1.74. The van der Waals surface area contributed by atoms with Crippen LogP contribution in [-0.2, 0) is 0 Å². The molecular formula is C8H11N3O. The number of rotatable bonds is 1. The van der Waals surface area contributed by atoms with Crippen LogP contribution in [0.3, 0.4) is 0 Å². The number of nitrogens with one attached hydrogen (secondary N) is 2. The quantitative estimate of drug-likeness (QED) is 0.649. The Morgan fingerprint density at radius 3 is 3.00 bits per heavy atom. The van der Waals surface area contributed by atoms with Gasteiger partial charge in [0.2, 0.25) is 5.88 Å². The average Bonchev–Trinajstić information content (AvgIpc) is 2.17. The lowest BCUT2D eigenvalue weighted by molar-refractivity contribution is 0.398. The first-order chi connectivity index (χ1) is 5.90. The highest BCUT2D eigenvalue weighted by atomic mass is 16.5. The summed E-state index contributed by atoms with van der Waals surface area (Å²) >= 11 is 0. The summed E-state index contributed by atoms with van der Waals surface area (Å²) in [6.07, 6.45) is 0.